The SMILES string of the molecule is CCN(CC)C1CCN(c2nc(C)cc(C)c2CNC)C1. The van der Waals surface area contributed by atoms with E-state index in [9.17, 15) is 0 Å². The molecule has 2 rings (SSSR count). The van der Waals surface area contributed by atoms with Crippen molar-refractivity contribution < 1.29 is 0 Å². The van der Waals surface area contributed by atoms with E-state index in [2.05, 4.69) is 48.9 Å². The molecule has 1 aromatic heterocycles. The lowest BCUT2D eigenvalue weighted by Gasteiger charge is -2.27. The Morgan fingerprint density at radius 3 is 2.67 bits per heavy atom. The van der Waals surface area contributed by atoms with Crippen LogP contribution in [0.25, 0.3) is 0 Å². The van der Waals surface area contributed by atoms with E-state index in [0.717, 1.165) is 38.4 Å². The van der Waals surface area contributed by atoms with Gasteiger partial charge in [0.25, 0.3) is 0 Å². The first-order valence-corrected chi connectivity index (χ1v) is 8.21. The highest BCUT2D eigenvalue weighted by Gasteiger charge is 2.28. The third-order valence-electron chi connectivity index (χ3n) is 4.60. The van der Waals surface area contributed by atoms with Crippen LogP contribution in [-0.4, -0.2) is 49.2 Å². The summed E-state index contributed by atoms with van der Waals surface area (Å²) in [5, 5.41) is 3.29. The summed E-state index contributed by atoms with van der Waals surface area (Å²) in [6, 6.07) is 2.86. The predicted octanol–water partition coefficient (Wildman–Crippen LogP) is 2.34. The number of hydrogen-bond donors (Lipinski definition) is 1. The summed E-state index contributed by atoms with van der Waals surface area (Å²) in [6.07, 6.45) is 1.25. The van der Waals surface area contributed by atoms with E-state index in [1.165, 1.54) is 23.4 Å². The van der Waals surface area contributed by atoms with E-state index in [4.69, 9.17) is 4.98 Å². The third-order valence-corrected chi connectivity index (χ3v) is 4.60. The molecule has 0 spiro atoms. The number of anilines is 1. The molecule has 1 fully saturated rings. The number of nitrogens with zero attached hydrogens (tertiary/aromatic N) is 3. The van der Waals surface area contributed by atoms with E-state index in [-0.39, 0.29) is 0 Å². The Morgan fingerprint density at radius 2 is 2.05 bits per heavy atom. The zero-order valence-corrected chi connectivity index (χ0v) is 14.2. The molecule has 1 aromatic rings. The van der Waals surface area contributed by atoms with Crippen molar-refractivity contribution in [1.82, 2.24) is 15.2 Å². The summed E-state index contributed by atoms with van der Waals surface area (Å²) in [6.45, 7) is 14.2. The molecule has 1 unspecified atom stereocenters. The first-order chi connectivity index (χ1) is 10.1. The Morgan fingerprint density at radius 1 is 1.33 bits per heavy atom. The second-order valence-corrected chi connectivity index (χ2v) is 6.02. The Labute approximate surface area is 129 Å². The van der Waals surface area contributed by atoms with Crippen LogP contribution < -0.4 is 10.2 Å². The summed E-state index contributed by atoms with van der Waals surface area (Å²) in [7, 11) is 2.01. The van der Waals surface area contributed by atoms with Crippen LogP contribution in [0.15, 0.2) is 6.07 Å². The second-order valence-electron chi connectivity index (χ2n) is 6.02. The number of hydrogen-bond acceptors (Lipinski definition) is 4. The van der Waals surface area contributed by atoms with Crippen LogP contribution in [0.1, 0.15) is 37.1 Å². The minimum atomic E-state index is 0.671. The molecule has 0 amide bonds. The molecular formula is C17H30N4. The zero-order chi connectivity index (χ0) is 15.4. The van der Waals surface area contributed by atoms with Crippen molar-refractivity contribution in [2.45, 2.75) is 46.7 Å². The van der Waals surface area contributed by atoms with Crippen LogP contribution in [0.3, 0.4) is 0 Å². The standard InChI is InChI=1S/C17H30N4/c1-6-20(7-2)15-8-9-21(12-15)17-16(11-18-5)13(3)10-14(4)19-17/h10,15,18H,6-9,11-12H2,1-5H3. The van der Waals surface area contributed by atoms with E-state index < -0.39 is 0 Å². The van der Waals surface area contributed by atoms with Gasteiger partial charge < -0.3 is 10.2 Å². The maximum atomic E-state index is 4.85. The number of aryl methyl sites for hydroxylation is 2. The van der Waals surface area contributed by atoms with E-state index in [1.54, 1.807) is 0 Å². The van der Waals surface area contributed by atoms with Crippen molar-refractivity contribution >= 4 is 5.82 Å². The van der Waals surface area contributed by atoms with Crippen molar-refractivity contribution in [2.24, 2.45) is 0 Å². The van der Waals surface area contributed by atoms with Gasteiger partial charge in [-0.15, -0.1) is 0 Å². The Balaban J connectivity index is 2.22. The van der Waals surface area contributed by atoms with E-state index in [0.29, 0.717) is 6.04 Å². The summed E-state index contributed by atoms with van der Waals surface area (Å²) < 4.78 is 0. The zero-order valence-electron chi connectivity index (χ0n) is 14.2. The number of nitrogens with one attached hydrogen (secondary N) is 1. The van der Waals surface area contributed by atoms with Gasteiger partial charge in [-0.1, -0.05) is 13.8 Å². The molecule has 4 nitrogen and oxygen atoms in total. The Hall–Kier alpha value is -1.13. The molecule has 1 N–H and O–H groups in total. The fourth-order valence-electron chi connectivity index (χ4n) is 3.47. The molecule has 0 aliphatic carbocycles. The highest BCUT2D eigenvalue weighted by atomic mass is 15.3. The fourth-order valence-corrected chi connectivity index (χ4v) is 3.47. The van der Waals surface area contributed by atoms with E-state index >= 15 is 0 Å². The first kappa shape index (κ1) is 16.2. The maximum absolute atomic E-state index is 4.85. The minimum absolute atomic E-state index is 0.671. The van der Waals surface area contributed by atoms with E-state index in [1.807, 2.05) is 7.05 Å². The van der Waals surface area contributed by atoms with Crippen molar-refractivity contribution in [2.75, 3.05) is 38.1 Å². The van der Waals surface area contributed by atoms with Crippen LogP contribution >= 0.6 is 0 Å². The number of aromatic nitrogens is 1. The lowest BCUT2D eigenvalue weighted by molar-refractivity contribution is 0.232. The summed E-state index contributed by atoms with van der Waals surface area (Å²) in [5.74, 6) is 1.19. The van der Waals surface area contributed by atoms with Gasteiger partial charge in [-0.25, -0.2) is 4.98 Å². The van der Waals surface area contributed by atoms with Crippen LogP contribution in [-0.2, 0) is 6.54 Å². The molecular weight excluding hydrogens is 260 g/mol. The normalized spacial score (nSPS) is 18.8. The lowest BCUT2D eigenvalue weighted by atomic mass is 10.1. The fraction of sp³-hybridized carbons (Fsp3) is 0.706. The summed E-state index contributed by atoms with van der Waals surface area (Å²) in [5.41, 5.74) is 3.81. The van der Waals surface area contributed by atoms with Crippen LogP contribution in [0.4, 0.5) is 5.82 Å². The van der Waals surface area contributed by atoms with Gasteiger partial charge in [0.1, 0.15) is 5.82 Å². The quantitative estimate of drug-likeness (QED) is 0.871. The lowest BCUT2D eigenvalue weighted by Crippen LogP contribution is -2.37. The van der Waals surface area contributed by atoms with Gasteiger partial charge in [0.15, 0.2) is 0 Å². The van der Waals surface area contributed by atoms with Gasteiger partial charge in [-0.05, 0) is 52.0 Å². The Kier molecular flexibility index (Phi) is 5.59. The largest absolute Gasteiger partial charge is 0.355 e. The highest BCUT2D eigenvalue weighted by Crippen LogP contribution is 2.27. The number of pyridine rings is 1. The topological polar surface area (TPSA) is 31.4 Å². The number of likely N-dealkylation sites (N-methyl/N-ethyl adjacent to an activating group) is 1. The molecule has 1 atom stereocenters. The number of rotatable bonds is 6. The van der Waals surface area contributed by atoms with Crippen molar-refractivity contribution in [1.29, 1.82) is 0 Å². The van der Waals surface area contributed by atoms with Crippen molar-refractivity contribution in [3.8, 4) is 0 Å². The highest BCUT2D eigenvalue weighted by molar-refractivity contribution is 5.52. The molecule has 0 saturated carbocycles. The van der Waals surface area contributed by atoms with Crippen molar-refractivity contribution in [3.05, 3.63) is 22.9 Å². The molecule has 1 aliphatic rings. The van der Waals surface area contributed by atoms with Gasteiger partial charge >= 0.3 is 0 Å². The van der Waals surface area contributed by atoms with Gasteiger partial charge in [0, 0.05) is 36.9 Å². The maximum Gasteiger partial charge on any atom is 0.133 e. The van der Waals surface area contributed by atoms with Gasteiger partial charge in [-0.2, -0.15) is 0 Å². The molecule has 0 radical (unpaired) electrons. The van der Waals surface area contributed by atoms with Crippen molar-refractivity contribution in [3.63, 3.8) is 0 Å². The van der Waals surface area contributed by atoms with Gasteiger partial charge in [-0.3, -0.25) is 4.90 Å². The molecule has 21 heavy (non-hydrogen) atoms. The smallest absolute Gasteiger partial charge is 0.133 e. The average molecular weight is 290 g/mol. The van der Waals surface area contributed by atoms with Gasteiger partial charge in [0.2, 0.25) is 0 Å². The van der Waals surface area contributed by atoms with Crippen LogP contribution in [0.2, 0.25) is 0 Å². The molecule has 118 valence electrons. The summed E-state index contributed by atoms with van der Waals surface area (Å²) in [4.78, 5) is 9.90. The van der Waals surface area contributed by atoms with Crippen LogP contribution in [0.5, 0.6) is 0 Å². The van der Waals surface area contributed by atoms with Crippen LogP contribution in [0, 0.1) is 13.8 Å². The molecule has 4 heteroatoms. The Bertz CT molecular complexity index is 468. The first-order valence-electron chi connectivity index (χ1n) is 8.21. The second kappa shape index (κ2) is 7.23. The molecule has 0 aromatic carbocycles. The predicted molar refractivity (Wildman–Crippen MR) is 90.0 cm³/mol. The molecule has 2 heterocycles. The molecule has 1 aliphatic heterocycles. The minimum Gasteiger partial charge on any atom is -0.355 e. The average Bonchev–Trinajstić information content (AvgIpc) is 2.92. The summed E-state index contributed by atoms with van der Waals surface area (Å²) >= 11 is 0. The monoisotopic (exact) mass is 290 g/mol. The third kappa shape index (κ3) is 3.55. The van der Waals surface area contributed by atoms with Gasteiger partial charge in [0.05, 0.1) is 0 Å². The molecule has 1 saturated heterocycles. The molecule has 0 bridgehead atoms.